The lowest BCUT2D eigenvalue weighted by Crippen LogP contribution is -2.37. The fraction of sp³-hybridized carbons (Fsp3) is 0.316. The average Bonchev–Trinajstić information content (AvgIpc) is 2.66. The largest absolute Gasteiger partial charge is 0.494 e. The third-order valence-electron chi connectivity index (χ3n) is 3.91. The van der Waals surface area contributed by atoms with Gasteiger partial charge >= 0.3 is 0 Å². The summed E-state index contributed by atoms with van der Waals surface area (Å²) in [6.45, 7) is 4.83. The van der Waals surface area contributed by atoms with E-state index in [1.54, 1.807) is 36.4 Å². The molecule has 2 rings (SSSR count). The minimum Gasteiger partial charge on any atom is -0.494 e. The fourth-order valence-corrected chi connectivity index (χ4v) is 3.29. The predicted octanol–water partition coefficient (Wildman–Crippen LogP) is 2.22. The molecule has 2 aromatic carbocycles. The lowest BCUT2D eigenvalue weighted by molar-refractivity contribution is 0.0950. The van der Waals surface area contributed by atoms with Gasteiger partial charge in [0.2, 0.25) is 0 Å². The van der Waals surface area contributed by atoms with Crippen molar-refractivity contribution in [2.75, 3.05) is 24.9 Å². The second kappa shape index (κ2) is 9.38. The maximum atomic E-state index is 12.5. The van der Waals surface area contributed by atoms with Gasteiger partial charge in [-0.3, -0.25) is 9.52 Å². The van der Waals surface area contributed by atoms with Crippen molar-refractivity contribution >= 4 is 21.6 Å². The molecule has 0 fully saturated rings. The highest BCUT2D eigenvalue weighted by Gasteiger charge is 2.15. The standard InChI is InChI=1S/C19H25N3O4S/c1-4-26-17-9-11-18(12-10-17)27(24,25)22-16-7-5-15(6-8-16)19(23)21-13-14(2)20-3/h5-12,14,20,22H,4,13H2,1-3H3,(H,21,23). The van der Waals surface area contributed by atoms with E-state index in [4.69, 9.17) is 4.74 Å². The van der Waals surface area contributed by atoms with Gasteiger partial charge in [-0.15, -0.1) is 0 Å². The van der Waals surface area contributed by atoms with Gasteiger partial charge in [0.15, 0.2) is 0 Å². The Morgan fingerprint density at radius 1 is 1.07 bits per heavy atom. The predicted molar refractivity (Wildman–Crippen MR) is 106 cm³/mol. The number of carbonyl (C=O) groups is 1. The van der Waals surface area contributed by atoms with Crippen molar-refractivity contribution in [2.24, 2.45) is 0 Å². The number of benzene rings is 2. The summed E-state index contributed by atoms with van der Waals surface area (Å²) in [5.41, 5.74) is 0.839. The Morgan fingerprint density at radius 2 is 1.70 bits per heavy atom. The average molecular weight is 391 g/mol. The number of hydrogen-bond donors (Lipinski definition) is 3. The molecule has 7 nitrogen and oxygen atoms in total. The van der Waals surface area contributed by atoms with Gasteiger partial charge < -0.3 is 15.4 Å². The molecule has 8 heteroatoms. The number of sulfonamides is 1. The summed E-state index contributed by atoms with van der Waals surface area (Å²) in [7, 11) is -1.90. The number of anilines is 1. The summed E-state index contributed by atoms with van der Waals surface area (Å²) in [6, 6.07) is 12.6. The van der Waals surface area contributed by atoms with Gasteiger partial charge in [-0.05, 0) is 69.4 Å². The Morgan fingerprint density at radius 3 is 2.26 bits per heavy atom. The molecule has 1 unspecified atom stereocenters. The van der Waals surface area contributed by atoms with E-state index >= 15 is 0 Å². The van der Waals surface area contributed by atoms with E-state index < -0.39 is 10.0 Å². The molecule has 1 atom stereocenters. The number of ether oxygens (including phenoxy) is 1. The number of hydrogen-bond acceptors (Lipinski definition) is 5. The first kappa shape index (κ1) is 20.7. The van der Waals surface area contributed by atoms with E-state index in [-0.39, 0.29) is 16.8 Å². The van der Waals surface area contributed by atoms with Crippen molar-refractivity contribution in [3.8, 4) is 5.75 Å². The SMILES string of the molecule is CCOc1ccc(S(=O)(=O)Nc2ccc(C(=O)NCC(C)NC)cc2)cc1. The molecule has 0 saturated heterocycles. The number of rotatable bonds is 9. The summed E-state index contributed by atoms with van der Waals surface area (Å²) in [5.74, 6) is 0.400. The van der Waals surface area contributed by atoms with Crippen LogP contribution in [0.25, 0.3) is 0 Å². The topological polar surface area (TPSA) is 96.5 Å². The Kier molecular flexibility index (Phi) is 7.20. The Hall–Kier alpha value is -2.58. The molecule has 0 heterocycles. The van der Waals surface area contributed by atoms with Crippen molar-refractivity contribution in [3.05, 3.63) is 54.1 Å². The molecular weight excluding hydrogens is 366 g/mol. The lowest BCUT2D eigenvalue weighted by Gasteiger charge is -2.12. The summed E-state index contributed by atoms with van der Waals surface area (Å²) in [5, 5.41) is 5.84. The van der Waals surface area contributed by atoms with Gasteiger partial charge in [0, 0.05) is 23.8 Å². The molecule has 27 heavy (non-hydrogen) atoms. The highest BCUT2D eigenvalue weighted by atomic mass is 32.2. The summed E-state index contributed by atoms with van der Waals surface area (Å²) in [6.07, 6.45) is 0. The molecule has 146 valence electrons. The highest BCUT2D eigenvalue weighted by Crippen LogP contribution is 2.19. The van der Waals surface area contributed by atoms with E-state index in [2.05, 4.69) is 15.4 Å². The normalized spacial score (nSPS) is 12.3. The van der Waals surface area contributed by atoms with Crippen LogP contribution in [0.2, 0.25) is 0 Å². The van der Waals surface area contributed by atoms with Gasteiger partial charge in [0.25, 0.3) is 15.9 Å². The maximum Gasteiger partial charge on any atom is 0.261 e. The summed E-state index contributed by atoms with van der Waals surface area (Å²) in [4.78, 5) is 12.2. The van der Waals surface area contributed by atoms with E-state index in [1.165, 1.54) is 12.1 Å². The van der Waals surface area contributed by atoms with Gasteiger partial charge in [0.05, 0.1) is 11.5 Å². The van der Waals surface area contributed by atoms with E-state index in [1.807, 2.05) is 20.9 Å². The minimum absolute atomic E-state index is 0.133. The van der Waals surface area contributed by atoms with E-state index in [0.29, 0.717) is 30.2 Å². The molecule has 0 radical (unpaired) electrons. The van der Waals surface area contributed by atoms with Crippen molar-refractivity contribution in [2.45, 2.75) is 24.8 Å². The van der Waals surface area contributed by atoms with Crippen molar-refractivity contribution in [1.29, 1.82) is 0 Å². The molecule has 3 N–H and O–H groups in total. The molecule has 2 aromatic rings. The van der Waals surface area contributed by atoms with Crippen molar-refractivity contribution in [1.82, 2.24) is 10.6 Å². The first-order valence-electron chi connectivity index (χ1n) is 8.67. The van der Waals surface area contributed by atoms with Crippen LogP contribution in [0.5, 0.6) is 5.75 Å². The Bertz CT molecular complexity index is 850. The molecule has 0 aromatic heterocycles. The number of amides is 1. The molecule has 0 aliphatic heterocycles. The number of nitrogens with one attached hydrogen (secondary N) is 3. The zero-order valence-corrected chi connectivity index (χ0v) is 16.5. The van der Waals surface area contributed by atoms with Crippen LogP contribution in [0.4, 0.5) is 5.69 Å². The highest BCUT2D eigenvalue weighted by molar-refractivity contribution is 7.92. The monoisotopic (exact) mass is 391 g/mol. The van der Waals surface area contributed by atoms with Crippen LogP contribution in [0.3, 0.4) is 0 Å². The first-order valence-corrected chi connectivity index (χ1v) is 10.1. The summed E-state index contributed by atoms with van der Waals surface area (Å²) >= 11 is 0. The van der Waals surface area contributed by atoms with Gasteiger partial charge in [0.1, 0.15) is 5.75 Å². The van der Waals surface area contributed by atoms with Gasteiger partial charge in [-0.25, -0.2) is 8.42 Å². The smallest absolute Gasteiger partial charge is 0.261 e. The van der Waals surface area contributed by atoms with Crippen LogP contribution in [0.1, 0.15) is 24.2 Å². The molecule has 0 bridgehead atoms. The molecule has 0 saturated carbocycles. The second-order valence-corrected chi connectivity index (χ2v) is 7.67. The Balaban J connectivity index is 2.03. The van der Waals surface area contributed by atoms with Crippen LogP contribution in [0.15, 0.2) is 53.4 Å². The Labute approximate surface area is 160 Å². The van der Waals surface area contributed by atoms with Crippen molar-refractivity contribution in [3.63, 3.8) is 0 Å². The fourth-order valence-electron chi connectivity index (χ4n) is 2.24. The van der Waals surface area contributed by atoms with E-state index in [0.717, 1.165) is 0 Å². The second-order valence-electron chi connectivity index (χ2n) is 5.99. The van der Waals surface area contributed by atoms with Crippen LogP contribution in [-0.4, -0.2) is 40.6 Å². The zero-order valence-electron chi connectivity index (χ0n) is 15.7. The van der Waals surface area contributed by atoms with Crippen LogP contribution in [-0.2, 0) is 10.0 Å². The maximum absolute atomic E-state index is 12.5. The molecule has 0 aliphatic rings. The third kappa shape index (κ3) is 5.97. The number of carbonyl (C=O) groups excluding carboxylic acids is 1. The molecule has 1 amide bonds. The number of likely N-dealkylation sites (N-methyl/N-ethyl adjacent to an activating group) is 1. The van der Waals surface area contributed by atoms with E-state index in [9.17, 15) is 13.2 Å². The lowest BCUT2D eigenvalue weighted by atomic mass is 10.2. The molecule has 0 aliphatic carbocycles. The van der Waals surface area contributed by atoms with Crippen LogP contribution < -0.4 is 20.1 Å². The summed E-state index contributed by atoms with van der Waals surface area (Å²) < 4.78 is 32.7. The van der Waals surface area contributed by atoms with Crippen molar-refractivity contribution < 1.29 is 17.9 Å². The third-order valence-corrected chi connectivity index (χ3v) is 5.30. The van der Waals surface area contributed by atoms with Gasteiger partial charge in [-0.1, -0.05) is 0 Å². The quantitative estimate of drug-likeness (QED) is 0.609. The zero-order chi connectivity index (χ0) is 19.9. The molecular formula is C19H25N3O4S. The van der Waals surface area contributed by atoms with Crippen LogP contribution >= 0.6 is 0 Å². The first-order chi connectivity index (χ1) is 12.9. The van der Waals surface area contributed by atoms with Gasteiger partial charge in [-0.2, -0.15) is 0 Å². The minimum atomic E-state index is -3.72. The molecule has 0 spiro atoms. The van der Waals surface area contributed by atoms with Crippen LogP contribution in [0, 0.1) is 0 Å².